The zero-order valence-electron chi connectivity index (χ0n) is 10.9. The molecule has 108 valence electrons. The van der Waals surface area contributed by atoms with Crippen molar-refractivity contribution >= 4 is 72.2 Å². The minimum absolute atomic E-state index is 0.892. The van der Waals surface area contributed by atoms with Crippen LogP contribution in [-0.4, -0.2) is 45.0 Å². The van der Waals surface area contributed by atoms with Gasteiger partial charge in [-0.25, -0.2) is 0 Å². The van der Waals surface area contributed by atoms with Gasteiger partial charge in [0.1, 0.15) is 0 Å². The van der Waals surface area contributed by atoms with Crippen LogP contribution in [0.3, 0.4) is 0 Å². The first kappa shape index (κ1) is 17.7. The minimum atomic E-state index is -2.27. The van der Waals surface area contributed by atoms with Crippen molar-refractivity contribution in [1.29, 1.82) is 0 Å². The molecule has 2 fully saturated rings. The summed E-state index contributed by atoms with van der Waals surface area (Å²) in [6.45, 7) is 7.85. The zero-order valence-corrected chi connectivity index (χ0v) is 18.7. The summed E-state index contributed by atoms with van der Waals surface area (Å²) in [6, 6.07) is 0. The summed E-state index contributed by atoms with van der Waals surface area (Å²) in [5, 5.41) is 0. The molecule has 2 aliphatic heterocycles. The Morgan fingerprint density at radius 3 is 1.63 bits per heavy atom. The topological polar surface area (TPSA) is 0 Å². The SMILES string of the molecule is C=CC[S][Sn]([S]CC=C)([S]C1CCS1)[S]C1CCS1. The summed E-state index contributed by atoms with van der Waals surface area (Å²) in [7, 11) is 9.32. The van der Waals surface area contributed by atoms with Crippen LogP contribution in [0.2, 0.25) is 0 Å². The second-order valence-corrected chi connectivity index (χ2v) is 48.9. The Kier molecular flexibility index (Phi) is 8.87. The van der Waals surface area contributed by atoms with Crippen molar-refractivity contribution in [2.45, 2.75) is 22.0 Å². The van der Waals surface area contributed by atoms with Crippen LogP contribution >= 0.6 is 59.3 Å². The quantitative estimate of drug-likeness (QED) is 0.294. The van der Waals surface area contributed by atoms with Crippen molar-refractivity contribution in [3.05, 3.63) is 25.3 Å². The van der Waals surface area contributed by atoms with Gasteiger partial charge in [-0.05, 0) is 0 Å². The molecule has 2 unspecified atom stereocenters. The van der Waals surface area contributed by atoms with E-state index in [1.165, 1.54) is 24.3 Å². The Bertz CT molecular complexity index is 273. The van der Waals surface area contributed by atoms with E-state index in [1.54, 1.807) is 0 Å². The van der Waals surface area contributed by atoms with E-state index in [0.29, 0.717) is 0 Å². The summed E-state index contributed by atoms with van der Waals surface area (Å²) >= 11 is 2.07. The molecule has 19 heavy (non-hydrogen) atoms. The van der Waals surface area contributed by atoms with Crippen LogP contribution in [0.15, 0.2) is 25.3 Å². The molecule has 0 aromatic heterocycles. The molecule has 0 radical (unpaired) electrons. The first-order chi connectivity index (χ1) is 9.28. The molecule has 0 aromatic rings. The van der Waals surface area contributed by atoms with Crippen LogP contribution in [0.4, 0.5) is 0 Å². The number of hydrogen-bond donors (Lipinski definition) is 0. The van der Waals surface area contributed by atoms with Crippen molar-refractivity contribution in [3.63, 3.8) is 0 Å². The molecule has 7 heteroatoms. The van der Waals surface area contributed by atoms with Gasteiger partial charge in [0, 0.05) is 0 Å². The van der Waals surface area contributed by atoms with Gasteiger partial charge in [0.25, 0.3) is 0 Å². The van der Waals surface area contributed by atoms with E-state index in [9.17, 15) is 0 Å². The van der Waals surface area contributed by atoms with Crippen molar-refractivity contribution in [1.82, 2.24) is 0 Å². The molecular weight excluding hydrogens is 455 g/mol. The molecule has 0 aliphatic carbocycles. The maximum atomic E-state index is 3.93. The molecule has 2 aliphatic rings. The number of rotatable bonds is 10. The maximum absolute atomic E-state index is 3.93. The fourth-order valence-corrected chi connectivity index (χ4v) is 69.7. The second-order valence-electron chi connectivity index (χ2n) is 4.11. The average Bonchev–Trinajstić information content (AvgIpc) is 2.33. The van der Waals surface area contributed by atoms with Gasteiger partial charge in [-0.1, -0.05) is 0 Å². The number of hydrogen-bond acceptors (Lipinski definition) is 6. The predicted molar refractivity (Wildman–Crippen MR) is 108 cm³/mol. The first-order valence-corrected chi connectivity index (χ1v) is 26.2. The Hall–Kier alpha value is 2.38. The van der Waals surface area contributed by atoms with Gasteiger partial charge in [0.15, 0.2) is 0 Å². The van der Waals surface area contributed by atoms with Crippen molar-refractivity contribution in [2.75, 3.05) is 23.0 Å². The molecule has 0 nitrogen and oxygen atoms in total. The van der Waals surface area contributed by atoms with Crippen molar-refractivity contribution < 1.29 is 0 Å². The van der Waals surface area contributed by atoms with Gasteiger partial charge >= 0.3 is 142 Å². The molecule has 0 amide bonds. The Labute approximate surface area is 141 Å². The molecule has 0 N–H and O–H groups in total. The third kappa shape index (κ3) is 5.82. The standard InChI is InChI=1S/2C3H6S2.2C3H6S.Sn/c2*4-3-1-2-5-3;2*1-2-3-4;/h2*3-4H,1-2H2;2*2,4H,1,3H2;/q;;;;+4/p-4. The van der Waals surface area contributed by atoms with Crippen molar-refractivity contribution in [2.24, 2.45) is 0 Å². The van der Waals surface area contributed by atoms with E-state index in [1.807, 2.05) is 0 Å². The normalized spacial score (nSPS) is 26.3. The van der Waals surface area contributed by atoms with E-state index in [4.69, 9.17) is 0 Å². The van der Waals surface area contributed by atoms with Gasteiger partial charge in [-0.2, -0.15) is 0 Å². The van der Waals surface area contributed by atoms with Gasteiger partial charge in [0.2, 0.25) is 0 Å². The Morgan fingerprint density at radius 2 is 1.37 bits per heavy atom. The van der Waals surface area contributed by atoms with E-state index >= 15 is 0 Å². The van der Waals surface area contributed by atoms with Gasteiger partial charge < -0.3 is 0 Å². The van der Waals surface area contributed by atoms with E-state index < -0.39 is 12.8 Å². The van der Waals surface area contributed by atoms with E-state index in [0.717, 1.165) is 20.7 Å². The fraction of sp³-hybridized carbons (Fsp3) is 0.667. The molecule has 0 aromatic carbocycles. The van der Waals surface area contributed by atoms with Crippen LogP contribution in [0, 0.1) is 0 Å². The van der Waals surface area contributed by atoms with Gasteiger partial charge in [0.05, 0.1) is 0 Å². The van der Waals surface area contributed by atoms with Gasteiger partial charge in [-0.15, -0.1) is 0 Å². The van der Waals surface area contributed by atoms with Gasteiger partial charge in [-0.3, -0.25) is 0 Å². The van der Waals surface area contributed by atoms with Crippen LogP contribution in [0.5, 0.6) is 0 Å². The Morgan fingerprint density at radius 1 is 0.947 bits per heavy atom. The molecule has 0 saturated carbocycles. The summed E-state index contributed by atoms with van der Waals surface area (Å²) in [4.78, 5) is 0. The molecule has 0 spiro atoms. The van der Waals surface area contributed by atoms with Crippen LogP contribution in [0.1, 0.15) is 12.8 Å². The van der Waals surface area contributed by atoms with Crippen molar-refractivity contribution in [3.8, 4) is 0 Å². The van der Waals surface area contributed by atoms with Crippen LogP contribution < -0.4 is 0 Å². The molecule has 2 heterocycles. The summed E-state index contributed by atoms with van der Waals surface area (Å²) in [5.41, 5.74) is 0. The average molecular weight is 475 g/mol. The third-order valence-corrected chi connectivity index (χ3v) is 56.8. The molecule has 2 atom stereocenters. The molecule has 2 saturated heterocycles. The first-order valence-electron chi connectivity index (χ1n) is 6.36. The summed E-state index contributed by atoms with van der Waals surface area (Å²) in [5.74, 6) is 5.02. The van der Waals surface area contributed by atoms with E-state index in [-0.39, 0.29) is 0 Å². The zero-order chi connectivity index (χ0) is 13.6. The summed E-state index contributed by atoms with van der Waals surface area (Å²) < 4.78 is 1.78. The monoisotopic (exact) mass is 476 g/mol. The predicted octanol–water partition coefficient (Wildman–Crippen LogP) is 5.65. The van der Waals surface area contributed by atoms with E-state index in [2.05, 4.69) is 84.6 Å². The third-order valence-electron chi connectivity index (χ3n) is 2.62. The molecule has 2 rings (SSSR count). The van der Waals surface area contributed by atoms with Crippen LogP contribution in [-0.2, 0) is 0 Å². The molecule has 0 bridgehead atoms. The van der Waals surface area contributed by atoms with Crippen LogP contribution in [0.25, 0.3) is 0 Å². The Balaban J connectivity index is 1.98. The summed E-state index contributed by atoms with van der Waals surface area (Å²) in [6.07, 6.45) is 7.03. The fourth-order valence-electron chi connectivity index (χ4n) is 1.46. The molecular formula is C12H20S6Sn. The second kappa shape index (κ2) is 9.50. The number of thioether (sulfide) groups is 2.